The second-order valence-corrected chi connectivity index (χ2v) is 6.22. The molecule has 3 rings (SSSR count). The maximum Gasteiger partial charge on any atom is 0.317 e. The van der Waals surface area contributed by atoms with E-state index in [4.69, 9.17) is 4.74 Å². The number of rotatable bonds is 4. The number of ether oxygens (including phenoxy) is 1. The van der Waals surface area contributed by atoms with Crippen LogP contribution in [0.25, 0.3) is 0 Å². The Hall–Kier alpha value is -2.69. The topological polar surface area (TPSA) is 44.8 Å². The van der Waals surface area contributed by atoms with E-state index in [1.807, 2.05) is 54.3 Å². The largest absolute Gasteiger partial charge is 0.496 e. The summed E-state index contributed by atoms with van der Waals surface area (Å²) in [5, 5.41) is 3.08. The maximum atomic E-state index is 12.6. The van der Waals surface area contributed by atoms with Gasteiger partial charge in [-0.1, -0.05) is 36.4 Å². The summed E-state index contributed by atoms with van der Waals surface area (Å²) in [5.74, 6) is 0.796. The Morgan fingerprint density at radius 2 is 1.64 bits per heavy atom. The summed E-state index contributed by atoms with van der Waals surface area (Å²) in [6, 6.07) is 18.0. The standard InChI is InChI=1S/C20H25N3O2/c1-16(18-10-6-7-11-19(18)25-2)21-20(24)23-14-12-22(13-15-23)17-8-4-3-5-9-17/h3-11,16H,12-15H2,1-2H3,(H,21,24). The van der Waals surface area contributed by atoms with Crippen LogP contribution in [0.1, 0.15) is 18.5 Å². The van der Waals surface area contributed by atoms with E-state index in [9.17, 15) is 4.79 Å². The number of piperazine rings is 1. The zero-order chi connectivity index (χ0) is 17.6. The molecule has 25 heavy (non-hydrogen) atoms. The lowest BCUT2D eigenvalue weighted by Gasteiger charge is -2.36. The van der Waals surface area contributed by atoms with Crippen molar-refractivity contribution in [2.75, 3.05) is 38.2 Å². The first-order valence-corrected chi connectivity index (χ1v) is 8.67. The van der Waals surface area contributed by atoms with Crippen LogP contribution in [0.15, 0.2) is 54.6 Å². The number of hydrogen-bond donors (Lipinski definition) is 1. The molecule has 1 unspecified atom stereocenters. The van der Waals surface area contributed by atoms with E-state index in [1.165, 1.54) is 5.69 Å². The average molecular weight is 339 g/mol. The number of benzene rings is 2. The van der Waals surface area contributed by atoms with E-state index in [-0.39, 0.29) is 12.1 Å². The molecule has 5 nitrogen and oxygen atoms in total. The third-order valence-corrected chi connectivity index (χ3v) is 4.63. The van der Waals surface area contributed by atoms with Crippen molar-refractivity contribution in [3.05, 3.63) is 60.2 Å². The molecule has 1 aliphatic rings. The maximum absolute atomic E-state index is 12.6. The first-order valence-electron chi connectivity index (χ1n) is 8.67. The highest BCUT2D eigenvalue weighted by atomic mass is 16.5. The second kappa shape index (κ2) is 7.92. The van der Waals surface area contributed by atoms with Gasteiger partial charge in [0.05, 0.1) is 13.2 Å². The summed E-state index contributed by atoms with van der Waals surface area (Å²) >= 11 is 0. The zero-order valence-corrected chi connectivity index (χ0v) is 14.8. The molecule has 1 fully saturated rings. The molecular formula is C20H25N3O2. The molecule has 1 N–H and O–H groups in total. The quantitative estimate of drug-likeness (QED) is 0.930. The Bertz CT molecular complexity index is 697. The predicted octanol–water partition coefficient (Wildman–Crippen LogP) is 3.29. The van der Waals surface area contributed by atoms with E-state index >= 15 is 0 Å². The molecular weight excluding hydrogens is 314 g/mol. The van der Waals surface area contributed by atoms with Crippen molar-refractivity contribution >= 4 is 11.7 Å². The molecule has 0 aromatic heterocycles. The number of hydrogen-bond acceptors (Lipinski definition) is 3. The molecule has 1 atom stereocenters. The normalized spacial score (nSPS) is 15.6. The highest BCUT2D eigenvalue weighted by Gasteiger charge is 2.23. The first-order chi connectivity index (χ1) is 12.2. The van der Waals surface area contributed by atoms with Crippen LogP contribution in [0.5, 0.6) is 5.75 Å². The number of amides is 2. The van der Waals surface area contributed by atoms with E-state index in [0.29, 0.717) is 0 Å². The number of anilines is 1. The summed E-state index contributed by atoms with van der Waals surface area (Å²) < 4.78 is 5.39. The Morgan fingerprint density at radius 1 is 1.00 bits per heavy atom. The molecule has 1 heterocycles. The van der Waals surface area contributed by atoms with Gasteiger partial charge in [0, 0.05) is 37.4 Å². The van der Waals surface area contributed by atoms with Crippen molar-refractivity contribution in [1.29, 1.82) is 0 Å². The fourth-order valence-electron chi connectivity index (χ4n) is 3.18. The average Bonchev–Trinajstić information content (AvgIpc) is 2.68. The Labute approximate surface area is 149 Å². The minimum absolute atomic E-state index is 0.0221. The highest BCUT2D eigenvalue weighted by molar-refractivity contribution is 5.75. The number of nitrogens with one attached hydrogen (secondary N) is 1. The number of carbonyl (C=O) groups is 1. The Kier molecular flexibility index (Phi) is 5.43. The van der Waals surface area contributed by atoms with Gasteiger partial charge in [0.2, 0.25) is 0 Å². The van der Waals surface area contributed by atoms with Gasteiger partial charge in [0.15, 0.2) is 0 Å². The second-order valence-electron chi connectivity index (χ2n) is 6.22. The molecule has 1 saturated heterocycles. The lowest BCUT2D eigenvalue weighted by Crippen LogP contribution is -2.52. The molecule has 2 aromatic rings. The summed E-state index contributed by atoms with van der Waals surface area (Å²) in [6.07, 6.45) is 0. The third kappa shape index (κ3) is 4.05. The van der Waals surface area contributed by atoms with Gasteiger partial charge in [-0.3, -0.25) is 0 Å². The van der Waals surface area contributed by atoms with Gasteiger partial charge < -0.3 is 19.9 Å². The van der Waals surface area contributed by atoms with Crippen LogP contribution >= 0.6 is 0 Å². The molecule has 0 aliphatic carbocycles. The van der Waals surface area contributed by atoms with Gasteiger partial charge >= 0.3 is 6.03 Å². The minimum atomic E-state index is -0.101. The van der Waals surface area contributed by atoms with Gasteiger partial charge in [-0.25, -0.2) is 4.79 Å². The molecule has 0 saturated carbocycles. The summed E-state index contributed by atoms with van der Waals surface area (Å²) in [5.41, 5.74) is 2.20. The van der Waals surface area contributed by atoms with Crippen LogP contribution in [0.3, 0.4) is 0 Å². The molecule has 5 heteroatoms. The van der Waals surface area contributed by atoms with Crippen LogP contribution in [-0.2, 0) is 0 Å². The van der Waals surface area contributed by atoms with Gasteiger partial charge in [0.25, 0.3) is 0 Å². The van der Waals surface area contributed by atoms with Crippen LogP contribution in [0, 0.1) is 0 Å². The van der Waals surface area contributed by atoms with Crippen molar-refractivity contribution in [1.82, 2.24) is 10.2 Å². The summed E-state index contributed by atoms with van der Waals surface area (Å²) in [6.45, 7) is 5.12. The van der Waals surface area contributed by atoms with Crippen molar-refractivity contribution in [3.8, 4) is 5.75 Å². The lowest BCUT2D eigenvalue weighted by atomic mass is 10.1. The molecule has 0 spiro atoms. The van der Waals surface area contributed by atoms with Crippen LogP contribution in [-0.4, -0.2) is 44.2 Å². The minimum Gasteiger partial charge on any atom is -0.496 e. The van der Waals surface area contributed by atoms with Gasteiger partial charge in [-0.15, -0.1) is 0 Å². The number of carbonyl (C=O) groups excluding carboxylic acids is 1. The molecule has 0 bridgehead atoms. The lowest BCUT2D eigenvalue weighted by molar-refractivity contribution is 0.191. The number of methoxy groups -OCH3 is 1. The third-order valence-electron chi connectivity index (χ3n) is 4.63. The highest BCUT2D eigenvalue weighted by Crippen LogP contribution is 2.24. The van der Waals surface area contributed by atoms with Crippen molar-refractivity contribution in [2.45, 2.75) is 13.0 Å². The number of para-hydroxylation sites is 2. The molecule has 132 valence electrons. The van der Waals surface area contributed by atoms with Crippen molar-refractivity contribution in [3.63, 3.8) is 0 Å². The van der Waals surface area contributed by atoms with E-state index in [2.05, 4.69) is 22.3 Å². The van der Waals surface area contributed by atoms with E-state index in [0.717, 1.165) is 37.5 Å². The van der Waals surface area contributed by atoms with Gasteiger partial charge in [0.1, 0.15) is 5.75 Å². The van der Waals surface area contributed by atoms with E-state index < -0.39 is 0 Å². The number of nitrogens with zero attached hydrogens (tertiary/aromatic N) is 2. The zero-order valence-electron chi connectivity index (χ0n) is 14.8. The van der Waals surface area contributed by atoms with E-state index in [1.54, 1.807) is 7.11 Å². The monoisotopic (exact) mass is 339 g/mol. The first kappa shape index (κ1) is 17.1. The molecule has 0 radical (unpaired) electrons. The van der Waals surface area contributed by atoms with Crippen molar-refractivity contribution in [2.24, 2.45) is 0 Å². The number of urea groups is 1. The fourth-order valence-corrected chi connectivity index (χ4v) is 3.18. The predicted molar refractivity (Wildman–Crippen MR) is 100 cm³/mol. The smallest absolute Gasteiger partial charge is 0.317 e. The molecule has 1 aliphatic heterocycles. The van der Waals surface area contributed by atoms with Gasteiger partial charge in [-0.2, -0.15) is 0 Å². The summed E-state index contributed by atoms with van der Waals surface area (Å²) in [7, 11) is 1.65. The van der Waals surface area contributed by atoms with Crippen LogP contribution in [0.2, 0.25) is 0 Å². The van der Waals surface area contributed by atoms with Gasteiger partial charge in [-0.05, 0) is 25.1 Å². The SMILES string of the molecule is COc1ccccc1C(C)NC(=O)N1CCN(c2ccccc2)CC1. The molecule has 2 aromatic carbocycles. The van der Waals surface area contributed by atoms with Crippen LogP contribution in [0.4, 0.5) is 10.5 Å². The fraction of sp³-hybridized carbons (Fsp3) is 0.350. The van der Waals surface area contributed by atoms with Crippen molar-refractivity contribution < 1.29 is 9.53 Å². The summed E-state index contributed by atoms with van der Waals surface area (Å²) in [4.78, 5) is 16.8. The van der Waals surface area contributed by atoms with Crippen LogP contribution < -0.4 is 15.0 Å². The Morgan fingerprint density at radius 3 is 2.32 bits per heavy atom. The Balaban J connectivity index is 1.56. The molecule has 2 amide bonds.